The fourth-order valence-corrected chi connectivity index (χ4v) is 1.22. The van der Waals surface area contributed by atoms with Crippen LogP contribution in [0.2, 0.25) is 0 Å². The van der Waals surface area contributed by atoms with Crippen molar-refractivity contribution in [1.29, 1.82) is 0 Å². The highest BCUT2D eigenvalue weighted by molar-refractivity contribution is 5.83. The Balaban J connectivity index is 0.000000461. The number of fused-ring (bicyclic) bond motifs is 1. The molecule has 2 rings (SSSR count). The molecule has 14 heavy (non-hydrogen) atoms. The summed E-state index contributed by atoms with van der Waals surface area (Å²) in [6.45, 7) is 5.91. The van der Waals surface area contributed by atoms with E-state index in [1.54, 1.807) is 0 Å². The topological polar surface area (TPSA) is 38.1 Å². The fraction of sp³-hybridized carbons (Fsp3) is 0.364. The van der Waals surface area contributed by atoms with Crippen LogP contribution in [0.1, 0.15) is 19.6 Å². The van der Waals surface area contributed by atoms with Gasteiger partial charge >= 0.3 is 0 Å². The van der Waals surface area contributed by atoms with Crippen LogP contribution in [-0.2, 0) is 0 Å². The van der Waals surface area contributed by atoms with Crippen LogP contribution in [-0.4, -0.2) is 12.2 Å². The van der Waals surface area contributed by atoms with E-state index in [1.165, 1.54) is 0 Å². The first-order valence-corrected chi connectivity index (χ1v) is 4.85. The zero-order chi connectivity index (χ0) is 10.6. The highest BCUT2D eigenvalue weighted by Crippen LogP contribution is 2.20. The summed E-state index contributed by atoms with van der Waals surface area (Å²) in [7, 11) is 1.89. The van der Waals surface area contributed by atoms with E-state index in [1.807, 2.05) is 46.0 Å². The van der Waals surface area contributed by atoms with Gasteiger partial charge in [-0.15, -0.1) is 0 Å². The number of hydrogen-bond acceptors (Lipinski definition) is 3. The Bertz CT molecular complexity index is 407. The summed E-state index contributed by atoms with van der Waals surface area (Å²) in [5, 5.41) is 8.03. The van der Waals surface area contributed by atoms with Gasteiger partial charge in [0.25, 0.3) is 0 Å². The van der Waals surface area contributed by atoms with Gasteiger partial charge in [0.05, 0.1) is 0 Å². The molecular formula is C11H16N2O. The summed E-state index contributed by atoms with van der Waals surface area (Å²) in [5.41, 5.74) is 1.99. The van der Waals surface area contributed by atoms with Crippen LogP contribution in [0.15, 0.2) is 22.7 Å². The zero-order valence-electron chi connectivity index (χ0n) is 9.09. The minimum absolute atomic E-state index is 0.863. The third-order valence-corrected chi connectivity index (χ3v) is 1.95. The zero-order valence-corrected chi connectivity index (χ0v) is 9.09. The quantitative estimate of drug-likeness (QED) is 0.754. The maximum atomic E-state index is 5.04. The van der Waals surface area contributed by atoms with E-state index in [-0.39, 0.29) is 0 Å². The molecule has 0 atom stereocenters. The average Bonchev–Trinajstić information content (AvgIpc) is 2.63. The molecule has 0 saturated carbocycles. The van der Waals surface area contributed by atoms with Crippen LogP contribution in [0.5, 0.6) is 0 Å². The van der Waals surface area contributed by atoms with E-state index >= 15 is 0 Å². The number of anilines is 1. The summed E-state index contributed by atoms with van der Waals surface area (Å²) < 4.78 is 5.04. The van der Waals surface area contributed by atoms with Gasteiger partial charge in [-0.05, 0) is 25.1 Å². The SMILES string of the molecule is CC.CNc1ccc2noc(C)c2c1. The van der Waals surface area contributed by atoms with Gasteiger partial charge in [0.2, 0.25) is 0 Å². The molecule has 0 fully saturated rings. The molecule has 0 aliphatic carbocycles. The molecular weight excluding hydrogens is 176 g/mol. The molecule has 0 amide bonds. The van der Waals surface area contributed by atoms with Crippen LogP contribution >= 0.6 is 0 Å². The molecule has 0 radical (unpaired) electrons. The van der Waals surface area contributed by atoms with Crippen molar-refractivity contribution in [3.05, 3.63) is 24.0 Å². The van der Waals surface area contributed by atoms with E-state index in [0.29, 0.717) is 0 Å². The Kier molecular flexibility index (Phi) is 3.51. The fourth-order valence-electron chi connectivity index (χ4n) is 1.22. The highest BCUT2D eigenvalue weighted by Gasteiger charge is 2.02. The van der Waals surface area contributed by atoms with Gasteiger partial charge in [-0.25, -0.2) is 0 Å². The first-order chi connectivity index (χ1) is 6.81. The molecule has 0 aliphatic rings. The molecule has 0 aliphatic heterocycles. The van der Waals surface area contributed by atoms with Gasteiger partial charge in [0.1, 0.15) is 11.3 Å². The maximum Gasteiger partial charge on any atom is 0.141 e. The minimum Gasteiger partial charge on any atom is -0.388 e. The molecule has 3 nitrogen and oxygen atoms in total. The lowest BCUT2D eigenvalue weighted by atomic mass is 10.2. The predicted octanol–water partition coefficient (Wildman–Crippen LogP) is 3.20. The lowest BCUT2D eigenvalue weighted by Crippen LogP contribution is -1.86. The number of nitrogens with zero attached hydrogens (tertiary/aromatic N) is 1. The maximum absolute atomic E-state index is 5.04. The monoisotopic (exact) mass is 192 g/mol. The summed E-state index contributed by atoms with van der Waals surface area (Å²) in [6, 6.07) is 5.95. The molecule has 0 saturated heterocycles. The molecule has 3 heteroatoms. The van der Waals surface area contributed by atoms with E-state index in [9.17, 15) is 0 Å². The van der Waals surface area contributed by atoms with Crippen molar-refractivity contribution in [2.45, 2.75) is 20.8 Å². The van der Waals surface area contributed by atoms with E-state index in [0.717, 1.165) is 22.4 Å². The first-order valence-electron chi connectivity index (χ1n) is 4.85. The number of rotatable bonds is 1. The van der Waals surface area contributed by atoms with Crippen LogP contribution in [0, 0.1) is 6.92 Å². The first kappa shape index (κ1) is 10.6. The molecule has 1 heterocycles. The summed E-state index contributed by atoms with van der Waals surface area (Å²) in [6.07, 6.45) is 0. The van der Waals surface area contributed by atoms with Crippen molar-refractivity contribution in [3.63, 3.8) is 0 Å². The third-order valence-electron chi connectivity index (χ3n) is 1.95. The highest BCUT2D eigenvalue weighted by atomic mass is 16.5. The average molecular weight is 192 g/mol. The summed E-state index contributed by atoms with van der Waals surface area (Å²) >= 11 is 0. The van der Waals surface area contributed by atoms with Gasteiger partial charge < -0.3 is 9.84 Å². The lowest BCUT2D eigenvalue weighted by Gasteiger charge is -1.97. The molecule has 1 aromatic heterocycles. The standard InChI is InChI=1S/C9H10N2O.C2H6/c1-6-8-5-7(10-2)3-4-9(8)11-12-6;1-2/h3-5,10H,1-2H3;1-2H3. The third kappa shape index (κ3) is 1.87. The second-order valence-electron chi connectivity index (χ2n) is 2.72. The van der Waals surface area contributed by atoms with Gasteiger partial charge in [0, 0.05) is 18.1 Å². The Morgan fingerprint density at radius 2 is 2.00 bits per heavy atom. The van der Waals surface area contributed by atoms with Crippen molar-refractivity contribution < 1.29 is 4.52 Å². The second kappa shape index (κ2) is 4.65. The molecule has 2 aromatic rings. The Morgan fingerprint density at radius 3 is 2.64 bits per heavy atom. The smallest absolute Gasteiger partial charge is 0.141 e. The number of aryl methyl sites for hydroxylation is 1. The van der Waals surface area contributed by atoms with Crippen molar-refractivity contribution in [2.24, 2.45) is 0 Å². The molecule has 0 bridgehead atoms. The van der Waals surface area contributed by atoms with Crippen molar-refractivity contribution in [2.75, 3.05) is 12.4 Å². The lowest BCUT2D eigenvalue weighted by molar-refractivity contribution is 0.405. The molecule has 1 N–H and O–H groups in total. The van der Waals surface area contributed by atoms with Crippen LogP contribution in [0.4, 0.5) is 5.69 Å². The van der Waals surface area contributed by atoms with Crippen molar-refractivity contribution in [1.82, 2.24) is 5.16 Å². The Hall–Kier alpha value is -1.51. The Labute approximate surface area is 84.1 Å². The summed E-state index contributed by atoms with van der Waals surface area (Å²) in [5.74, 6) is 0.863. The summed E-state index contributed by atoms with van der Waals surface area (Å²) in [4.78, 5) is 0. The van der Waals surface area contributed by atoms with Crippen LogP contribution < -0.4 is 5.32 Å². The molecule has 0 unspecified atom stereocenters. The number of nitrogens with one attached hydrogen (secondary N) is 1. The minimum atomic E-state index is 0.863. The molecule has 76 valence electrons. The van der Waals surface area contributed by atoms with Gasteiger partial charge in [-0.3, -0.25) is 0 Å². The largest absolute Gasteiger partial charge is 0.388 e. The van der Waals surface area contributed by atoms with Gasteiger partial charge in [-0.1, -0.05) is 19.0 Å². The van der Waals surface area contributed by atoms with Crippen molar-refractivity contribution in [3.8, 4) is 0 Å². The van der Waals surface area contributed by atoms with Crippen molar-refractivity contribution >= 4 is 16.6 Å². The number of benzene rings is 1. The van der Waals surface area contributed by atoms with Gasteiger partial charge in [0.15, 0.2) is 0 Å². The molecule has 0 spiro atoms. The van der Waals surface area contributed by atoms with Crippen LogP contribution in [0.25, 0.3) is 10.9 Å². The number of aromatic nitrogens is 1. The predicted molar refractivity (Wildman–Crippen MR) is 59.6 cm³/mol. The van der Waals surface area contributed by atoms with E-state index in [4.69, 9.17) is 4.52 Å². The molecule has 1 aromatic carbocycles. The van der Waals surface area contributed by atoms with Crippen LogP contribution in [0.3, 0.4) is 0 Å². The Morgan fingerprint density at radius 1 is 1.29 bits per heavy atom. The van der Waals surface area contributed by atoms with E-state index in [2.05, 4.69) is 10.5 Å². The second-order valence-corrected chi connectivity index (χ2v) is 2.72. The normalized spacial score (nSPS) is 9.43. The van der Waals surface area contributed by atoms with Gasteiger partial charge in [-0.2, -0.15) is 0 Å². The van der Waals surface area contributed by atoms with E-state index < -0.39 is 0 Å². The number of hydrogen-bond donors (Lipinski definition) is 1.